The van der Waals surface area contributed by atoms with E-state index in [1.807, 2.05) is 0 Å². The molecule has 0 spiro atoms. The number of hydrogen-bond donors (Lipinski definition) is 7. The number of aryl methyl sites for hydroxylation is 1. The molecule has 0 saturated carbocycles. The lowest BCUT2D eigenvalue weighted by atomic mass is 10.1. The van der Waals surface area contributed by atoms with E-state index in [2.05, 4.69) is 35.8 Å². The number of hydrazone groups is 1. The van der Waals surface area contributed by atoms with E-state index in [1.165, 1.54) is 24.3 Å². The molecule has 7 N–H and O–H groups in total. The normalized spacial score (nSPS) is 14.9. The quantitative estimate of drug-likeness (QED) is 0.0470. The van der Waals surface area contributed by atoms with E-state index in [0.29, 0.717) is 10.6 Å². The molecule has 0 aliphatic carbocycles. The van der Waals surface area contributed by atoms with E-state index in [9.17, 15) is 68.9 Å². The van der Waals surface area contributed by atoms with Crippen molar-refractivity contribution >= 4 is 92.8 Å². The van der Waals surface area contributed by atoms with Crippen molar-refractivity contribution < 1.29 is 78.4 Å². The molecule has 1 unspecified atom stereocenters. The number of rotatable bonds is 17. The summed E-state index contributed by atoms with van der Waals surface area (Å²) in [5.74, 6) is -3.88. The Balaban J connectivity index is 1.36. The standard InChI is InChI=1S/C37H32N8O17S3/c1-19-2-9-25(30(14-19)64(55,56)57)39-40-26-17-29(62-13-11-47)27(18-28(26)61-12-10-46)41-42-32-31(65(58,59)60)16-20-15-21(3-8-24(20)35(32)48)38-43-33-34(37(50)51)44-45(36(33)49)22-4-6-23(7-5-22)63(52,53)54/h2-9,14-18,33,46-48H,10-13H2,1H3,(H,50,51)(H,52,53,54)(H,55,56,57)(H,58,59,60). The minimum atomic E-state index is -5.21. The number of fused-ring (bicyclic) bond motifs is 1. The summed E-state index contributed by atoms with van der Waals surface area (Å²) in [6.45, 7) is -0.105. The van der Waals surface area contributed by atoms with Crippen LogP contribution in [0.15, 0.2) is 129 Å². The molecular weight excluding hydrogens is 925 g/mol. The van der Waals surface area contributed by atoms with Crippen molar-refractivity contribution in [1.29, 1.82) is 0 Å². The number of nitrogens with zero attached hydrogens (tertiary/aromatic N) is 8. The molecule has 0 radical (unpaired) electrons. The lowest BCUT2D eigenvalue weighted by molar-refractivity contribution is -0.130. The summed E-state index contributed by atoms with van der Waals surface area (Å²) in [5, 5.41) is 67.8. The number of amides is 1. The van der Waals surface area contributed by atoms with Crippen molar-refractivity contribution in [3.8, 4) is 17.2 Å². The van der Waals surface area contributed by atoms with Gasteiger partial charge in [0.25, 0.3) is 36.3 Å². The van der Waals surface area contributed by atoms with Crippen LogP contribution in [0.4, 0.5) is 34.1 Å². The molecule has 340 valence electrons. The van der Waals surface area contributed by atoms with Crippen LogP contribution >= 0.6 is 0 Å². The number of aliphatic hydroxyl groups is 2. The third kappa shape index (κ3) is 10.8. The summed E-state index contributed by atoms with van der Waals surface area (Å²) in [5.41, 5.74) is -1.94. The smallest absolute Gasteiger partial charge is 0.355 e. The molecule has 0 saturated heterocycles. The van der Waals surface area contributed by atoms with Gasteiger partial charge in [-0.1, -0.05) is 6.07 Å². The van der Waals surface area contributed by atoms with Gasteiger partial charge in [-0.2, -0.15) is 45.6 Å². The zero-order valence-corrected chi connectivity index (χ0v) is 35.4. The molecule has 1 heterocycles. The molecule has 1 aliphatic rings. The van der Waals surface area contributed by atoms with E-state index in [0.717, 1.165) is 54.6 Å². The van der Waals surface area contributed by atoms with Gasteiger partial charge in [0.15, 0.2) is 11.5 Å². The van der Waals surface area contributed by atoms with Gasteiger partial charge in [-0.05, 0) is 78.5 Å². The van der Waals surface area contributed by atoms with Gasteiger partial charge in [0.05, 0.1) is 29.5 Å². The Kier molecular flexibility index (Phi) is 13.7. The maximum absolute atomic E-state index is 13.2. The first-order valence-corrected chi connectivity index (χ1v) is 22.4. The van der Waals surface area contributed by atoms with Crippen molar-refractivity contribution in [2.45, 2.75) is 27.7 Å². The fourth-order valence-corrected chi connectivity index (χ4v) is 7.68. The number of hydrogen-bond acceptors (Lipinski definition) is 20. The fourth-order valence-electron chi connectivity index (χ4n) is 5.83. The topological polar surface area (TPSA) is 386 Å². The number of aliphatic hydroxyl groups excluding tert-OH is 2. The SMILES string of the molecule is Cc1ccc(N=Nc2cc(OCCO)c(N=Nc3c(S(=O)(=O)O)cc4cc(N=NC5C(=O)N(c6ccc(S(=O)(=O)O)cc6)N=C5C(=O)O)ccc4c3O)cc2OCCO)c(S(=O)(=O)O)c1. The number of carbonyl (C=O) groups excluding carboxylic acids is 1. The molecule has 5 aromatic carbocycles. The summed E-state index contributed by atoms with van der Waals surface area (Å²) in [7, 11) is -14.5. The number of carbonyl (C=O) groups is 2. The number of carboxylic acid groups (broad SMARTS) is 1. The number of phenols is 1. The van der Waals surface area contributed by atoms with E-state index in [4.69, 9.17) is 9.47 Å². The number of phenolic OH excluding ortho intramolecular Hbond substituents is 1. The maximum Gasteiger partial charge on any atom is 0.355 e. The van der Waals surface area contributed by atoms with Crippen molar-refractivity contribution in [3.63, 3.8) is 0 Å². The number of carboxylic acids is 1. The number of aromatic hydroxyl groups is 1. The second kappa shape index (κ2) is 18.9. The minimum Gasteiger partial charge on any atom is -0.505 e. The van der Waals surface area contributed by atoms with Crippen LogP contribution in [-0.4, -0.2) is 109 Å². The van der Waals surface area contributed by atoms with Crippen molar-refractivity contribution in [2.75, 3.05) is 31.4 Å². The van der Waals surface area contributed by atoms with Gasteiger partial charge in [-0.25, -0.2) is 4.79 Å². The highest BCUT2D eigenvalue weighted by Gasteiger charge is 2.41. The first kappa shape index (κ1) is 47.3. The van der Waals surface area contributed by atoms with Crippen molar-refractivity contribution in [3.05, 3.63) is 84.4 Å². The second-order valence-electron chi connectivity index (χ2n) is 13.3. The average molecular weight is 957 g/mol. The molecular formula is C37H32N8O17S3. The summed E-state index contributed by atoms with van der Waals surface area (Å²) < 4.78 is 113. The first-order valence-electron chi connectivity index (χ1n) is 18.1. The molecule has 28 heteroatoms. The number of aliphatic carboxylic acids is 1. The summed E-state index contributed by atoms with van der Waals surface area (Å²) in [6, 6.07) is 13.0. The highest BCUT2D eigenvalue weighted by atomic mass is 32.2. The van der Waals surface area contributed by atoms with Crippen molar-refractivity contribution in [1.82, 2.24) is 0 Å². The highest BCUT2D eigenvalue weighted by molar-refractivity contribution is 7.86. The molecule has 1 atom stereocenters. The van der Waals surface area contributed by atoms with Crippen molar-refractivity contribution in [2.24, 2.45) is 35.8 Å². The van der Waals surface area contributed by atoms with Crippen LogP contribution in [-0.2, 0) is 39.9 Å². The monoisotopic (exact) mass is 956 g/mol. The van der Waals surface area contributed by atoms with Crippen LogP contribution in [0.5, 0.6) is 17.2 Å². The summed E-state index contributed by atoms with van der Waals surface area (Å²) in [4.78, 5) is 23.2. The Hall–Kier alpha value is -7.18. The predicted octanol–water partition coefficient (Wildman–Crippen LogP) is 5.11. The van der Waals surface area contributed by atoms with Crippen LogP contribution < -0.4 is 14.5 Å². The Labute approximate surface area is 366 Å². The molecule has 0 fully saturated rings. The number of azo groups is 3. The number of anilines is 1. The lowest BCUT2D eigenvalue weighted by Crippen LogP contribution is -2.33. The lowest BCUT2D eigenvalue weighted by Gasteiger charge is -2.13. The van der Waals surface area contributed by atoms with Crippen LogP contribution in [0.25, 0.3) is 10.8 Å². The van der Waals surface area contributed by atoms with Gasteiger partial charge < -0.3 is 29.9 Å². The van der Waals surface area contributed by atoms with Gasteiger partial charge in [-0.3, -0.25) is 18.5 Å². The summed E-state index contributed by atoms with van der Waals surface area (Å²) >= 11 is 0. The second-order valence-corrected chi connectivity index (χ2v) is 17.5. The molecule has 1 amide bonds. The fraction of sp³-hybridized carbons (Fsp3) is 0.162. The van der Waals surface area contributed by atoms with Gasteiger partial charge >= 0.3 is 5.97 Å². The van der Waals surface area contributed by atoms with E-state index >= 15 is 0 Å². The Morgan fingerprint density at radius 1 is 0.708 bits per heavy atom. The third-order valence-electron chi connectivity index (χ3n) is 8.76. The van der Waals surface area contributed by atoms with Crippen LogP contribution in [0.3, 0.4) is 0 Å². The zero-order valence-electron chi connectivity index (χ0n) is 32.9. The number of ether oxygens (including phenoxy) is 2. The largest absolute Gasteiger partial charge is 0.505 e. The predicted molar refractivity (Wildman–Crippen MR) is 223 cm³/mol. The zero-order chi connectivity index (χ0) is 47.4. The Bertz CT molecular complexity index is 3200. The van der Waals surface area contributed by atoms with Crippen LogP contribution in [0, 0.1) is 6.92 Å². The molecule has 5 aromatic rings. The summed E-state index contributed by atoms with van der Waals surface area (Å²) in [6.07, 6.45) is 0. The van der Waals surface area contributed by atoms with Gasteiger partial charge in [0.2, 0.25) is 6.04 Å². The molecule has 6 rings (SSSR count). The van der Waals surface area contributed by atoms with Gasteiger partial charge in [0.1, 0.15) is 57.3 Å². The molecule has 25 nitrogen and oxygen atoms in total. The molecule has 0 bridgehead atoms. The van der Waals surface area contributed by atoms with Crippen LogP contribution in [0.1, 0.15) is 5.56 Å². The van der Waals surface area contributed by atoms with Gasteiger partial charge in [-0.15, -0.1) is 20.5 Å². The molecule has 1 aliphatic heterocycles. The maximum atomic E-state index is 13.2. The Morgan fingerprint density at radius 2 is 1.29 bits per heavy atom. The minimum absolute atomic E-state index is 0.0772. The number of benzene rings is 5. The average Bonchev–Trinajstić information content (AvgIpc) is 3.58. The Morgan fingerprint density at radius 3 is 1.85 bits per heavy atom. The van der Waals surface area contributed by atoms with E-state index in [1.54, 1.807) is 6.92 Å². The van der Waals surface area contributed by atoms with Crippen LogP contribution in [0.2, 0.25) is 0 Å². The molecule has 0 aromatic heterocycles. The van der Waals surface area contributed by atoms with E-state index < -0.39 is 93.3 Å². The highest BCUT2D eigenvalue weighted by Crippen LogP contribution is 2.45. The van der Waals surface area contributed by atoms with E-state index in [-0.39, 0.29) is 63.9 Å². The van der Waals surface area contributed by atoms with Gasteiger partial charge in [0, 0.05) is 17.5 Å². The molecule has 65 heavy (non-hydrogen) atoms. The third-order valence-corrected chi connectivity index (χ3v) is 11.4. The first-order chi connectivity index (χ1) is 30.6.